The smallest absolute Gasteiger partial charge is 0.328 e. The quantitative estimate of drug-likeness (QED) is 0.507. The minimum absolute atomic E-state index is 0.113. The fourth-order valence-electron chi connectivity index (χ4n) is 3.70. The van der Waals surface area contributed by atoms with E-state index in [-0.39, 0.29) is 18.6 Å². The highest BCUT2D eigenvalue weighted by Gasteiger charge is 2.35. The van der Waals surface area contributed by atoms with Gasteiger partial charge in [-0.05, 0) is 49.2 Å². The van der Waals surface area contributed by atoms with Gasteiger partial charge in [0, 0.05) is 22.2 Å². The van der Waals surface area contributed by atoms with Crippen molar-refractivity contribution in [2.24, 2.45) is 11.7 Å². The lowest BCUT2D eigenvalue weighted by molar-refractivity contribution is -0.135. The maximum Gasteiger partial charge on any atom is 0.328 e. The number of rotatable bonds is 6. The maximum atomic E-state index is 12.1. The molecule has 1 aliphatic heterocycles. The molecule has 0 radical (unpaired) electrons. The van der Waals surface area contributed by atoms with Crippen molar-refractivity contribution in [2.45, 2.75) is 20.0 Å². The average Bonchev–Trinajstić information content (AvgIpc) is 2.74. The first-order valence-corrected chi connectivity index (χ1v) is 9.88. The number of hydrogen-bond acceptors (Lipinski definition) is 6. The zero-order valence-corrected chi connectivity index (χ0v) is 17.2. The lowest BCUT2D eigenvalue weighted by Crippen LogP contribution is -2.56. The van der Waals surface area contributed by atoms with Crippen LogP contribution in [0.25, 0.3) is 10.9 Å². The number of barbiturate groups is 1. The van der Waals surface area contributed by atoms with Crippen LogP contribution in [0.1, 0.15) is 27.2 Å². The number of urea groups is 1. The molecule has 0 saturated carbocycles. The molecule has 1 saturated heterocycles. The Hall–Kier alpha value is -4.27. The molecule has 9 heteroatoms. The predicted molar refractivity (Wildman–Crippen MR) is 115 cm³/mol. The molecule has 2 aromatic carbocycles. The van der Waals surface area contributed by atoms with Crippen LogP contribution in [0.5, 0.6) is 5.75 Å². The predicted octanol–water partition coefficient (Wildman–Crippen LogP) is 1.75. The van der Waals surface area contributed by atoms with Crippen LogP contribution in [0.3, 0.4) is 0 Å². The molecule has 0 atom stereocenters. The maximum absolute atomic E-state index is 12.1. The third-order valence-corrected chi connectivity index (χ3v) is 5.20. The molecule has 4 N–H and O–H groups in total. The van der Waals surface area contributed by atoms with Gasteiger partial charge < -0.3 is 10.5 Å². The van der Waals surface area contributed by atoms with Gasteiger partial charge in [0.25, 0.3) is 0 Å². The number of nitrogens with one attached hydrogen (secondary N) is 2. The van der Waals surface area contributed by atoms with E-state index in [9.17, 15) is 19.2 Å². The van der Waals surface area contributed by atoms with Gasteiger partial charge in [0.2, 0.25) is 17.7 Å². The van der Waals surface area contributed by atoms with Crippen molar-refractivity contribution in [2.75, 3.05) is 0 Å². The Balaban J connectivity index is 1.60. The van der Waals surface area contributed by atoms with Crippen LogP contribution < -0.4 is 21.1 Å². The molecule has 0 spiro atoms. The summed E-state index contributed by atoms with van der Waals surface area (Å²) in [5.74, 6) is -2.91. The van der Waals surface area contributed by atoms with E-state index in [0.717, 1.165) is 22.2 Å². The number of nitrogens with two attached hydrogens (primary N) is 1. The van der Waals surface area contributed by atoms with Gasteiger partial charge in [-0.1, -0.05) is 18.2 Å². The van der Waals surface area contributed by atoms with Gasteiger partial charge in [-0.3, -0.25) is 30.0 Å². The van der Waals surface area contributed by atoms with Crippen molar-refractivity contribution in [3.63, 3.8) is 0 Å². The molecule has 32 heavy (non-hydrogen) atoms. The summed E-state index contributed by atoms with van der Waals surface area (Å²) in [7, 11) is 0. The minimum Gasteiger partial charge on any atom is -0.489 e. The topological polar surface area (TPSA) is 140 Å². The molecule has 0 unspecified atom stereocenters. The van der Waals surface area contributed by atoms with Crippen LogP contribution in [0.15, 0.2) is 48.5 Å². The number of nitrogens with zero attached hydrogens (tertiary/aromatic N) is 1. The molecule has 9 nitrogen and oxygen atoms in total. The van der Waals surface area contributed by atoms with Crippen molar-refractivity contribution < 1.29 is 23.9 Å². The fourth-order valence-corrected chi connectivity index (χ4v) is 3.70. The summed E-state index contributed by atoms with van der Waals surface area (Å²) in [6.07, 6.45) is -0.113. The Bertz CT molecular complexity index is 1250. The summed E-state index contributed by atoms with van der Waals surface area (Å²) in [5.41, 5.74) is 8.66. The molecule has 1 fully saturated rings. The molecular weight excluding hydrogens is 412 g/mol. The number of fused-ring (bicyclic) bond motifs is 1. The van der Waals surface area contributed by atoms with Gasteiger partial charge in [0.15, 0.2) is 0 Å². The summed E-state index contributed by atoms with van der Waals surface area (Å²) in [6, 6.07) is 13.5. The van der Waals surface area contributed by atoms with Gasteiger partial charge in [0.1, 0.15) is 18.3 Å². The summed E-state index contributed by atoms with van der Waals surface area (Å²) in [6.45, 7) is 2.15. The van der Waals surface area contributed by atoms with E-state index < -0.39 is 29.7 Å². The van der Waals surface area contributed by atoms with E-state index in [1.54, 1.807) is 12.1 Å². The van der Waals surface area contributed by atoms with E-state index in [2.05, 4.69) is 4.98 Å². The Kier molecular flexibility index (Phi) is 5.55. The first kappa shape index (κ1) is 21.0. The lowest BCUT2D eigenvalue weighted by atomic mass is 9.93. The normalized spacial score (nSPS) is 14.2. The van der Waals surface area contributed by atoms with Gasteiger partial charge >= 0.3 is 6.03 Å². The second-order valence-corrected chi connectivity index (χ2v) is 7.48. The lowest BCUT2D eigenvalue weighted by Gasteiger charge is -2.21. The number of aryl methyl sites for hydroxylation is 1. The van der Waals surface area contributed by atoms with Crippen molar-refractivity contribution in [3.8, 4) is 5.75 Å². The number of para-hydroxylation sites is 1. The molecule has 0 bridgehead atoms. The molecule has 2 heterocycles. The fraction of sp³-hybridized carbons (Fsp3) is 0.174. The van der Waals surface area contributed by atoms with Crippen LogP contribution >= 0.6 is 0 Å². The highest BCUT2D eigenvalue weighted by molar-refractivity contribution is 6.16. The highest BCUT2D eigenvalue weighted by atomic mass is 16.5. The number of carbonyl (C=O) groups excluding carboxylic acids is 4. The number of amides is 5. The number of ether oxygens (including phenoxy) is 1. The second kappa shape index (κ2) is 8.46. The Morgan fingerprint density at radius 3 is 2.47 bits per heavy atom. The van der Waals surface area contributed by atoms with Crippen LogP contribution in [0.4, 0.5) is 4.79 Å². The van der Waals surface area contributed by atoms with Gasteiger partial charge in [-0.15, -0.1) is 0 Å². The molecule has 1 aromatic heterocycles. The van der Waals surface area contributed by atoms with E-state index in [4.69, 9.17) is 10.5 Å². The first-order chi connectivity index (χ1) is 15.3. The third kappa shape index (κ3) is 4.27. The summed E-state index contributed by atoms with van der Waals surface area (Å²) < 4.78 is 5.96. The highest BCUT2D eigenvalue weighted by Crippen LogP contribution is 2.24. The van der Waals surface area contributed by atoms with Gasteiger partial charge in [0.05, 0.1) is 5.52 Å². The van der Waals surface area contributed by atoms with E-state index in [1.807, 2.05) is 47.9 Å². The molecular formula is C23H20N4O5. The van der Waals surface area contributed by atoms with Crippen LogP contribution in [-0.4, -0.2) is 28.7 Å². The van der Waals surface area contributed by atoms with Crippen molar-refractivity contribution in [3.05, 3.63) is 70.9 Å². The molecule has 1 aliphatic rings. The average molecular weight is 432 g/mol. The number of carbonyl (C=O) groups is 4. The number of imide groups is 2. The Morgan fingerprint density at radius 2 is 1.75 bits per heavy atom. The number of pyridine rings is 1. The molecule has 0 aliphatic carbocycles. The Morgan fingerprint density at radius 1 is 1.03 bits per heavy atom. The zero-order chi connectivity index (χ0) is 22.8. The molecule has 5 amide bonds. The summed E-state index contributed by atoms with van der Waals surface area (Å²) in [5, 5.41) is 5.06. The zero-order valence-electron chi connectivity index (χ0n) is 17.2. The Labute approximate surface area is 183 Å². The first-order valence-electron chi connectivity index (χ1n) is 9.88. The van der Waals surface area contributed by atoms with Crippen molar-refractivity contribution in [1.82, 2.24) is 15.6 Å². The van der Waals surface area contributed by atoms with Gasteiger partial charge in [-0.2, -0.15) is 0 Å². The number of aromatic nitrogens is 1. The summed E-state index contributed by atoms with van der Waals surface area (Å²) >= 11 is 0. The number of primary amides is 1. The van der Waals surface area contributed by atoms with Crippen LogP contribution in [0.2, 0.25) is 0 Å². The van der Waals surface area contributed by atoms with Crippen molar-refractivity contribution in [1.29, 1.82) is 0 Å². The van der Waals surface area contributed by atoms with Gasteiger partial charge in [-0.25, -0.2) is 4.79 Å². The van der Waals surface area contributed by atoms with Crippen LogP contribution in [-0.2, 0) is 22.6 Å². The van der Waals surface area contributed by atoms with E-state index >= 15 is 0 Å². The third-order valence-electron chi connectivity index (χ3n) is 5.20. The largest absolute Gasteiger partial charge is 0.489 e. The second-order valence-electron chi connectivity index (χ2n) is 7.48. The molecule has 4 rings (SSSR count). The monoisotopic (exact) mass is 432 g/mol. The SMILES string of the molecule is Cc1cc(COc2ccc(C(N)=O)c(CC3C(=O)NC(=O)NC3=O)c2)c2ccccc2n1. The standard InChI is InChI=1S/C23H20N4O5/c1-12-8-14(16-4-2-3-5-19(16)25-12)11-32-15-6-7-17(20(24)28)13(9-15)10-18-21(29)26-23(31)27-22(18)30/h2-9,18H,10-11H2,1H3,(H2,24,28)(H2,26,27,29,30,31). The number of hydrogen-bond donors (Lipinski definition) is 3. The number of benzene rings is 2. The molecule has 3 aromatic rings. The van der Waals surface area contributed by atoms with Crippen LogP contribution in [0, 0.1) is 12.8 Å². The molecule has 162 valence electrons. The van der Waals surface area contributed by atoms with E-state index in [0.29, 0.717) is 11.3 Å². The summed E-state index contributed by atoms with van der Waals surface area (Å²) in [4.78, 5) is 51.9. The van der Waals surface area contributed by atoms with E-state index in [1.165, 1.54) is 6.07 Å². The minimum atomic E-state index is -1.17. The van der Waals surface area contributed by atoms with Crippen molar-refractivity contribution >= 4 is 34.7 Å².